The highest BCUT2D eigenvalue weighted by atomic mass is 19.3. The van der Waals surface area contributed by atoms with Crippen molar-refractivity contribution in [1.29, 1.82) is 0 Å². The largest absolute Gasteiger partial charge is 0.388 e. The number of alkyl halides is 2. The first-order chi connectivity index (χ1) is 23.0. The number of hydrogen-bond donors (Lipinski definition) is 5. The van der Waals surface area contributed by atoms with Crippen LogP contribution in [0, 0.1) is 0 Å². The minimum Gasteiger partial charge on any atom is -0.388 e. The van der Waals surface area contributed by atoms with Crippen molar-refractivity contribution in [2.75, 3.05) is 36.9 Å². The van der Waals surface area contributed by atoms with Gasteiger partial charge in [-0.15, -0.1) is 0 Å². The van der Waals surface area contributed by atoms with Crippen molar-refractivity contribution in [3.8, 4) is 0 Å². The fraction of sp³-hybridized carbons (Fsp3) is 0.436. The fourth-order valence-corrected chi connectivity index (χ4v) is 7.08. The van der Waals surface area contributed by atoms with E-state index in [2.05, 4.69) is 95.6 Å². The summed E-state index contributed by atoms with van der Waals surface area (Å²) in [5.74, 6) is -2.99. The van der Waals surface area contributed by atoms with Crippen LogP contribution < -0.4 is 31.9 Å². The highest BCUT2D eigenvalue weighted by Crippen LogP contribution is 2.38. The molecule has 3 atom stereocenters. The molecule has 258 valence electrons. The molecule has 48 heavy (non-hydrogen) atoms. The van der Waals surface area contributed by atoms with Crippen molar-refractivity contribution in [2.24, 2.45) is 5.73 Å². The van der Waals surface area contributed by atoms with Gasteiger partial charge in [0.25, 0.3) is 5.92 Å². The lowest BCUT2D eigenvalue weighted by Crippen LogP contribution is -2.45. The Morgan fingerprint density at radius 1 is 1.19 bits per heavy atom. The molecule has 0 spiro atoms. The number of nitrogens with one attached hydrogen (secondary N) is 4. The first-order valence-corrected chi connectivity index (χ1v) is 17.3. The summed E-state index contributed by atoms with van der Waals surface area (Å²) in [6.07, 6.45) is 6.09. The number of rotatable bonds is 15. The van der Waals surface area contributed by atoms with Gasteiger partial charge in [0.2, 0.25) is 0 Å². The molecule has 0 aliphatic carbocycles. The van der Waals surface area contributed by atoms with Gasteiger partial charge in [-0.2, -0.15) is 8.78 Å². The van der Waals surface area contributed by atoms with Crippen LogP contribution in [0.25, 0.3) is 5.70 Å². The second-order valence-corrected chi connectivity index (χ2v) is 13.3. The molecule has 2 aromatic rings. The summed E-state index contributed by atoms with van der Waals surface area (Å²) in [6.45, 7) is 20.7. The van der Waals surface area contributed by atoms with Crippen LogP contribution in [0.5, 0.6) is 0 Å². The maximum atomic E-state index is 15.1. The molecule has 2 aromatic carbocycles. The Kier molecular flexibility index (Phi) is 11.2. The van der Waals surface area contributed by atoms with Crippen molar-refractivity contribution in [3.63, 3.8) is 0 Å². The molecule has 0 bridgehead atoms. The molecule has 3 heterocycles. The zero-order valence-electron chi connectivity index (χ0n) is 28.7. The van der Waals surface area contributed by atoms with Crippen molar-refractivity contribution in [2.45, 2.75) is 82.5 Å². The van der Waals surface area contributed by atoms with Gasteiger partial charge in [-0.3, -0.25) is 0 Å². The number of anilines is 2. The maximum Gasteiger partial charge on any atom is 0.286 e. The van der Waals surface area contributed by atoms with Crippen molar-refractivity contribution < 1.29 is 8.78 Å². The molecule has 0 aromatic heterocycles. The number of allylic oxidation sites excluding steroid dienone is 2. The Bertz CT molecular complexity index is 1550. The Morgan fingerprint density at radius 2 is 1.98 bits per heavy atom. The van der Waals surface area contributed by atoms with E-state index in [4.69, 9.17) is 5.73 Å². The maximum absolute atomic E-state index is 15.1. The van der Waals surface area contributed by atoms with Gasteiger partial charge in [0, 0.05) is 68.3 Å². The second kappa shape index (κ2) is 15.3. The van der Waals surface area contributed by atoms with Crippen LogP contribution >= 0.6 is 0 Å². The fourth-order valence-electron chi connectivity index (χ4n) is 7.08. The summed E-state index contributed by atoms with van der Waals surface area (Å²) >= 11 is 0. The Labute approximate surface area is 285 Å². The summed E-state index contributed by atoms with van der Waals surface area (Å²) in [4.78, 5) is 4.54. The van der Waals surface area contributed by atoms with E-state index in [0.29, 0.717) is 32.4 Å². The van der Waals surface area contributed by atoms with E-state index in [0.717, 1.165) is 77.5 Å². The first-order valence-electron chi connectivity index (χ1n) is 17.3. The van der Waals surface area contributed by atoms with E-state index in [-0.39, 0.29) is 30.2 Å². The summed E-state index contributed by atoms with van der Waals surface area (Å²) < 4.78 is 30.2. The lowest BCUT2D eigenvalue weighted by molar-refractivity contribution is 0.0237. The van der Waals surface area contributed by atoms with Crippen LogP contribution in [0.15, 0.2) is 97.6 Å². The molecule has 1 saturated heterocycles. The molecule has 7 nitrogen and oxygen atoms in total. The van der Waals surface area contributed by atoms with Gasteiger partial charge in [-0.1, -0.05) is 63.6 Å². The van der Waals surface area contributed by atoms with Crippen molar-refractivity contribution in [3.05, 3.63) is 114 Å². The van der Waals surface area contributed by atoms with Crippen LogP contribution in [-0.2, 0) is 13.0 Å². The summed E-state index contributed by atoms with van der Waals surface area (Å²) in [6, 6.07) is 14.9. The molecule has 1 fully saturated rings. The lowest BCUT2D eigenvalue weighted by atomic mass is 10.00. The lowest BCUT2D eigenvalue weighted by Gasteiger charge is -2.38. The number of nitrogens with two attached hydrogens (primary N) is 1. The number of aryl methyl sites for hydroxylation is 1. The average molecular weight is 658 g/mol. The van der Waals surface area contributed by atoms with Gasteiger partial charge in [-0.05, 0) is 73.6 Å². The number of piperidine rings is 1. The van der Waals surface area contributed by atoms with E-state index in [1.807, 2.05) is 24.4 Å². The summed E-state index contributed by atoms with van der Waals surface area (Å²) in [5, 5.41) is 13.2. The number of nitrogens with zero attached hydrogens (tertiary/aromatic N) is 2. The molecular formula is C39H53F2N7. The highest BCUT2D eigenvalue weighted by Gasteiger charge is 2.34. The van der Waals surface area contributed by atoms with E-state index in [1.165, 1.54) is 5.56 Å². The number of fused-ring (bicyclic) bond motifs is 2. The Balaban J connectivity index is 1.06. The topological polar surface area (TPSA) is 80.6 Å². The summed E-state index contributed by atoms with van der Waals surface area (Å²) in [5.41, 5.74) is 15.6. The average Bonchev–Trinajstić information content (AvgIpc) is 3.39. The predicted octanol–water partition coefficient (Wildman–Crippen LogP) is 6.85. The van der Waals surface area contributed by atoms with Gasteiger partial charge in [-0.25, -0.2) is 0 Å². The van der Waals surface area contributed by atoms with Crippen LogP contribution in [0.1, 0.15) is 62.1 Å². The number of hydrogen-bond acceptors (Lipinski definition) is 7. The first kappa shape index (κ1) is 35.1. The SMILES string of the molecule is C=C1CCC(N2Cc3cc(CCCC(F)(F)C(=C)NCCC(CC)N/C=C(\CN)C4CNc5ccccc5N4C)ccc3C2=C)C(=C)N1. The number of para-hydroxylation sites is 2. The molecule has 6 N–H and O–H groups in total. The number of halogens is 2. The number of likely N-dealkylation sites (N-methyl/N-ethyl adjacent to an activating group) is 1. The monoisotopic (exact) mass is 657 g/mol. The zero-order chi connectivity index (χ0) is 34.4. The molecule has 5 rings (SSSR count). The van der Waals surface area contributed by atoms with E-state index in [1.54, 1.807) is 0 Å². The molecule has 0 radical (unpaired) electrons. The van der Waals surface area contributed by atoms with Gasteiger partial charge in [0.1, 0.15) is 0 Å². The number of benzene rings is 2. The minimum atomic E-state index is -2.99. The quantitative estimate of drug-likeness (QED) is 0.144. The molecule has 0 saturated carbocycles. The van der Waals surface area contributed by atoms with Crippen LogP contribution in [0.4, 0.5) is 20.2 Å². The Morgan fingerprint density at radius 3 is 2.73 bits per heavy atom. The minimum absolute atomic E-state index is 0.119. The zero-order valence-corrected chi connectivity index (χ0v) is 28.7. The van der Waals surface area contributed by atoms with E-state index < -0.39 is 5.92 Å². The second-order valence-electron chi connectivity index (χ2n) is 13.3. The van der Waals surface area contributed by atoms with Crippen LogP contribution in [-0.4, -0.2) is 55.6 Å². The van der Waals surface area contributed by atoms with Gasteiger partial charge in [0.15, 0.2) is 0 Å². The molecule has 0 amide bonds. The van der Waals surface area contributed by atoms with Gasteiger partial charge in [0.05, 0.1) is 29.2 Å². The van der Waals surface area contributed by atoms with Gasteiger partial charge >= 0.3 is 0 Å². The molecule has 3 aliphatic rings. The third-order valence-corrected chi connectivity index (χ3v) is 10.1. The highest BCUT2D eigenvalue weighted by molar-refractivity contribution is 5.73. The smallest absolute Gasteiger partial charge is 0.286 e. The predicted molar refractivity (Wildman–Crippen MR) is 197 cm³/mol. The normalized spacial score (nSPS) is 20.1. The van der Waals surface area contributed by atoms with E-state index in [9.17, 15) is 0 Å². The molecular weight excluding hydrogens is 604 g/mol. The van der Waals surface area contributed by atoms with Gasteiger partial charge < -0.3 is 36.8 Å². The van der Waals surface area contributed by atoms with Crippen molar-refractivity contribution in [1.82, 2.24) is 20.9 Å². The summed E-state index contributed by atoms with van der Waals surface area (Å²) in [7, 11) is 2.09. The van der Waals surface area contributed by atoms with Crippen molar-refractivity contribution >= 4 is 17.1 Å². The Hall–Kier alpha value is -4.24. The molecule has 3 unspecified atom stereocenters. The third kappa shape index (κ3) is 7.89. The third-order valence-electron chi connectivity index (χ3n) is 10.1. The van der Waals surface area contributed by atoms with E-state index >= 15 is 8.78 Å². The standard InChI is InChI=1S/C39H53F2N7/c1-7-33(44-23-32(22-42)38-24-45-35-12-8-9-13-37(35)47(38)6)18-20-43-29(5)39(40,41)19-10-11-30-15-16-34-28(4)48(25-31(34)21-30)36-17-14-26(2)46-27(36)3/h8-9,12-13,15-16,21,23,33,36,38,43-46H,2-5,7,10-11,14,17-20,22,24-25,42H2,1,6H3/b32-23+. The molecule has 9 heteroatoms. The van der Waals surface area contributed by atoms with Crippen LogP contribution in [0.3, 0.4) is 0 Å². The molecule has 3 aliphatic heterocycles. The van der Waals surface area contributed by atoms with Crippen LogP contribution in [0.2, 0.25) is 0 Å².